The van der Waals surface area contributed by atoms with Crippen LogP contribution in [0, 0.1) is 0 Å². The molecule has 2 aromatic heterocycles. The average molecular weight is 324 g/mol. The standard InChI is InChI=1S/C12H16N6O5/c13-8-4-5(10(15)22)9(14)18(11(4)17-2-16-8)12-7(21)6(20)3(1-19)23-12/h2-3,6-7,12,19-21H,1,14H2,(H2,15,22)(H2,13,16,17)/t3-,6-,7-,12-/m1/s1. The maximum atomic E-state index is 11.7. The lowest BCUT2D eigenvalue weighted by Gasteiger charge is -2.19. The first-order valence-electron chi connectivity index (χ1n) is 6.70. The summed E-state index contributed by atoms with van der Waals surface area (Å²) in [6.07, 6.45) is -3.77. The Morgan fingerprint density at radius 1 is 1.30 bits per heavy atom. The van der Waals surface area contributed by atoms with Crippen molar-refractivity contribution in [1.29, 1.82) is 0 Å². The van der Waals surface area contributed by atoms with Crippen LogP contribution in [0.25, 0.3) is 11.0 Å². The molecule has 1 fully saturated rings. The van der Waals surface area contributed by atoms with Gasteiger partial charge < -0.3 is 37.3 Å². The van der Waals surface area contributed by atoms with Crippen LogP contribution in [0.2, 0.25) is 0 Å². The van der Waals surface area contributed by atoms with Crippen LogP contribution in [-0.2, 0) is 4.74 Å². The third-order valence-electron chi connectivity index (χ3n) is 3.87. The van der Waals surface area contributed by atoms with Crippen molar-refractivity contribution in [2.75, 3.05) is 18.1 Å². The fourth-order valence-corrected chi connectivity index (χ4v) is 2.77. The van der Waals surface area contributed by atoms with Crippen LogP contribution >= 0.6 is 0 Å². The minimum absolute atomic E-state index is 0.0130. The summed E-state index contributed by atoms with van der Waals surface area (Å²) in [4.78, 5) is 19.5. The molecule has 0 bridgehead atoms. The molecular formula is C12H16N6O5. The van der Waals surface area contributed by atoms with Crippen LogP contribution in [-0.4, -0.2) is 60.7 Å². The van der Waals surface area contributed by atoms with Crippen molar-refractivity contribution in [2.45, 2.75) is 24.5 Å². The van der Waals surface area contributed by atoms with Crippen LogP contribution < -0.4 is 17.2 Å². The molecule has 11 heteroatoms. The zero-order valence-electron chi connectivity index (χ0n) is 11.8. The predicted octanol–water partition coefficient (Wildman–Crippen LogP) is -2.69. The molecule has 4 atom stereocenters. The summed E-state index contributed by atoms with van der Waals surface area (Å²) in [5.74, 6) is -0.991. The topological polar surface area (TPSA) is 196 Å². The number of rotatable bonds is 3. The zero-order valence-corrected chi connectivity index (χ0v) is 11.8. The molecule has 0 unspecified atom stereocenters. The number of hydrogen-bond acceptors (Lipinski definition) is 9. The second kappa shape index (κ2) is 5.31. The first-order valence-corrected chi connectivity index (χ1v) is 6.70. The Balaban J connectivity index is 2.25. The van der Waals surface area contributed by atoms with E-state index in [0.717, 1.165) is 6.33 Å². The number of primary amides is 1. The van der Waals surface area contributed by atoms with Crippen molar-refractivity contribution in [3.8, 4) is 0 Å². The number of fused-ring (bicyclic) bond motifs is 1. The van der Waals surface area contributed by atoms with E-state index >= 15 is 0 Å². The third kappa shape index (κ3) is 2.09. The number of ether oxygens (including phenoxy) is 1. The molecule has 0 radical (unpaired) electrons. The van der Waals surface area contributed by atoms with Crippen molar-refractivity contribution in [1.82, 2.24) is 14.5 Å². The highest BCUT2D eigenvalue weighted by molar-refractivity contribution is 6.13. The highest BCUT2D eigenvalue weighted by Crippen LogP contribution is 2.38. The van der Waals surface area contributed by atoms with Gasteiger partial charge in [0.05, 0.1) is 17.6 Å². The van der Waals surface area contributed by atoms with Gasteiger partial charge in [0, 0.05) is 0 Å². The molecule has 1 saturated heterocycles. The number of carbonyl (C=O) groups is 1. The molecule has 0 spiro atoms. The monoisotopic (exact) mass is 324 g/mol. The molecule has 0 aromatic carbocycles. The Kier molecular flexibility index (Phi) is 3.56. The maximum Gasteiger partial charge on any atom is 0.253 e. The number of anilines is 2. The second-order valence-electron chi connectivity index (χ2n) is 5.18. The van der Waals surface area contributed by atoms with E-state index in [2.05, 4.69) is 9.97 Å². The molecule has 0 saturated carbocycles. The van der Waals surface area contributed by atoms with E-state index in [-0.39, 0.29) is 28.2 Å². The number of aliphatic hydroxyl groups excluding tert-OH is 3. The van der Waals surface area contributed by atoms with Crippen molar-refractivity contribution in [2.24, 2.45) is 5.73 Å². The lowest BCUT2D eigenvalue weighted by atomic mass is 10.1. The molecule has 1 amide bonds. The van der Waals surface area contributed by atoms with Gasteiger partial charge in [0.1, 0.15) is 41.9 Å². The third-order valence-corrected chi connectivity index (χ3v) is 3.87. The molecule has 3 rings (SSSR count). The van der Waals surface area contributed by atoms with Crippen LogP contribution in [0.15, 0.2) is 6.33 Å². The smallest absolute Gasteiger partial charge is 0.253 e. The largest absolute Gasteiger partial charge is 0.394 e. The van der Waals surface area contributed by atoms with Crippen LogP contribution in [0.5, 0.6) is 0 Å². The van der Waals surface area contributed by atoms with Gasteiger partial charge in [0.25, 0.3) is 5.91 Å². The van der Waals surface area contributed by atoms with Crippen molar-refractivity contribution >= 4 is 28.6 Å². The quantitative estimate of drug-likeness (QED) is 0.348. The number of aromatic nitrogens is 3. The molecule has 1 aliphatic heterocycles. The Labute approximate surface area is 129 Å². The second-order valence-corrected chi connectivity index (χ2v) is 5.18. The molecule has 0 aliphatic carbocycles. The van der Waals surface area contributed by atoms with E-state index in [1.807, 2.05) is 0 Å². The van der Waals surface area contributed by atoms with E-state index < -0.39 is 37.1 Å². The van der Waals surface area contributed by atoms with E-state index in [4.69, 9.17) is 21.9 Å². The summed E-state index contributed by atoms with van der Waals surface area (Å²) in [5.41, 5.74) is 17.1. The Hall–Kier alpha value is -2.47. The Morgan fingerprint density at radius 3 is 2.57 bits per heavy atom. The molecule has 2 aromatic rings. The van der Waals surface area contributed by atoms with Crippen LogP contribution in [0.1, 0.15) is 16.6 Å². The van der Waals surface area contributed by atoms with Gasteiger partial charge in [-0.3, -0.25) is 9.36 Å². The van der Waals surface area contributed by atoms with Gasteiger partial charge >= 0.3 is 0 Å². The Bertz CT molecular complexity index is 777. The Morgan fingerprint density at radius 2 is 2.00 bits per heavy atom. The highest BCUT2D eigenvalue weighted by Gasteiger charge is 2.45. The van der Waals surface area contributed by atoms with Gasteiger partial charge in [0.15, 0.2) is 6.23 Å². The van der Waals surface area contributed by atoms with Gasteiger partial charge in [-0.2, -0.15) is 0 Å². The number of carbonyl (C=O) groups excluding carboxylic acids is 1. The van der Waals surface area contributed by atoms with Gasteiger partial charge in [-0.25, -0.2) is 9.97 Å². The predicted molar refractivity (Wildman–Crippen MR) is 77.9 cm³/mol. The first kappa shape index (κ1) is 15.4. The summed E-state index contributed by atoms with van der Waals surface area (Å²) in [5, 5.41) is 29.4. The van der Waals surface area contributed by atoms with Crippen LogP contribution in [0.3, 0.4) is 0 Å². The van der Waals surface area contributed by atoms with E-state index in [1.54, 1.807) is 0 Å². The highest BCUT2D eigenvalue weighted by atomic mass is 16.6. The number of aliphatic hydroxyl groups is 3. The normalized spacial score (nSPS) is 27.6. The van der Waals surface area contributed by atoms with Crippen LogP contribution in [0.4, 0.5) is 11.6 Å². The minimum Gasteiger partial charge on any atom is -0.394 e. The number of nitrogens with zero attached hydrogens (tertiary/aromatic N) is 3. The number of hydrogen-bond donors (Lipinski definition) is 6. The minimum atomic E-state index is -1.40. The van der Waals surface area contributed by atoms with E-state index in [9.17, 15) is 20.1 Å². The molecular weight excluding hydrogens is 308 g/mol. The van der Waals surface area contributed by atoms with E-state index in [1.165, 1.54) is 4.57 Å². The summed E-state index contributed by atoms with van der Waals surface area (Å²) < 4.78 is 6.63. The van der Waals surface area contributed by atoms with Gasteiger partial charge in [-0.05, 0) is 0 Å². The van der Waals surface area contributed by atoms with Gasteiger partial charge in [0.2, 0.25) is 0 Å². The summed E-state index contributed by atoms with van der Waals surface area (Å²) in [7, 11) is 0. The molecule has 9 N–H and O–H groups in total. The number of nitrogen functional groups attached to an aromatic ring is 2. The summed E-state index contributed by atoms with van der Waals surface area (Å²) >= 11 is 0. The zero-order chi connectivity index (χ0) is 16.9. The summed E-state index contributed by atoms with van der Waals surface area (Å²) in [6.45, 7) is -0.506. The van der Waals surface area contributed by atoms with Crippen molar-refractivity contribution in [3.63, 3.8) is 0 Å². The lowest BCUT2D eigenvalue weighted by Crippen LogP contribution is -2.33. The molecule has 124 valence electrons. The average Bonchev–Trinajstić information content (AvgIpc) is 2.95. The molecule has 11 nitrogen and oxygen atoms in total. The van der Waals surface area contributed by atoms with Crippen molar-refractivity contribution < 1.29 is 24.9 Å². The fraction of sp³-hybridized carbons (Fsp3) is 0.417. The molecule has 3 heterocycles. The molecule has 1 aliphatic rings. The lowest BCUT2D eigenvalue weighted by molar-refractivity contribution is -0.0499. The summed E-state index contributed by atoms with van der Waals surface area (Å²) in [6, 6.07) is 0. The van der Waals surface area contributed by atoms with Crippen molar-refractivity contribution in [3.05, 3.63) is 11.9 Å². The van der Waals surface area contributed by atoms with Gasteiger partial charge in [-0.1, -0.05) is 0 Å². The SMILES string of the molecule is NC(=O)c1c(N)n([C@@H]2O[C@H](CO)[C@@H](O)[C@H]2O)c2ncnc(N)c12. The number of nitrogens with two attached hydrogens (primary N) is 3. The van der Waals surface area contributed by atoms with E-state index in [0.29, 0.717) is 0 Å². The number of amides is 1. The van der Waals surface area contributed by atoms with Gasteiger partial charge in [-0.15, -0.1) is 0 Å². The maximum absolute atomic E-state index is 11.7. The first-order chi connectivity index (χ1) is 10.9. The fourth-order valence-electron chi connectivity index (χ4n) is 2.77. The molecule has 23 heavy (non-hydrogen) atoms.